The van der Waals surface area contributed by atoms with E-state index in [0.717, 1.165) is 54.9 Å². The predicted octanol–water partition coefficient (Wildman–Crippen LogP) is 6.64. The van der Waals surface area contributed by atoms with Gasteiger partial charge in [-0.25, -0.2) is 13.1 Å². The summed E-state index contributed by atoms with van der Waals surface area (Å²) in [5.74, 6) is 0.155. The summed E-state index contributed by atoms with van der Waals surface area (Å²) in [5.41, 5.74) is 2.96. The Kier molecular flexibility index (Phi) is 9.94. The van der Waals surface area contributed by atoms with Crippen LogP contribution >= 0.6 is 11.6 Å². The minimum Gasteiger partial charge on any atom is -0.490 e. The first-order chi connectivity index (χ1) is 22.9. The van der Waals surface area contributed by atoms with Crippen LogP contribution in [0.15, 0.2) is 72.9 Å². The Labute approximate surface area is 289 Å². The molecule has 8 nitrogen and oxygen atoms in total. The number of fused-ring (bicyclic) bond motifs is 3. The molecule has 3 aromatic rings. The van der Waals surface area contributed by atoms with Crippen molar-refractivity contribution in [2.24, 2.45) is 11.8 Å². The third-order valence-electron chi connectivity index (χ3n) is 10.5. The molecular weight excluding hydrogens is 646 g/mol. The fraction of sp³-hybridized carbons (Fsp3) is 0.474. The van der Waals surface area contributed by atoms with Crippen LogP contribution in [0, 0.1) is 11.8 Å². The highest BCUT2D eigenvalue weighted by molar-refractivity contribution is 7.90. The van der Waals surface area contributed by atoms with Crippen molar-refractivity contribution in [3.63, 3.8) is 0 Å². The van der Waals surface area contributed by atoms with E-state index in [0.29, 0.717) is 31.9 Å². The highest BCUT2D eigenvalue weighted by Crippen LogP contribution is 2.48. The Balaban J connectivity index is 1.37. The van der Waals surface area contributed by atoms with Crippen LogP contribution in [0.5, 0.6) is 5.75 Å². The number of carbonyl (C=O) groups is 1. The number of allylic oxidation sites excluding steroid dienone is 1. The molecule has 48 heavy (non-hydrogen) atoms. The predicted molar refractivity (Wildman–Crippen MR) is 190 cm³/mol. The van der Waals surface area contributed by atoms with Crippen LogP contribution in [0.2, 0.25) is 5.02 Å². The summed E-state index contributed by atoms with van der Waals surface area (Å²) in [6, 6.07) is 17.1. The number of sulfonamides is 1. The molecule has 2 aliphatic carbocycles. The smallest absolute Gasteiger partial charge is 0.264 e. The van der Waals surface area contributed by atoms with Crippen LogP contribution in [0.25, 0.3) is 0 Å². The summed E-state index contributed by atoms with van der Waals surface area (Å²) >= 11 is 6.44. The minimum atomic E-state index is -3.81. The van der Waals surface area contributed by atoms with E-state index in [1.165, 1.54) is 25.0 Å². The number of nitrogens with zero attached hydrogens (tertiary/aromatic N) is 2. The first-order valence-corrected chi connectivity index (χ1v) is 19.0. The van der Waals surface area contributed by atoms with Crippen molar-refractivity contribution in [1.82, 2.24) is 9.71 Å². The molecule has 1 spiro atoms. The summed E-state index contributed by atoms with van der Waals surface area (Å²) in [6.45, 7) is 6.91. The summed E-state index contributed by atoms with van der Waals surface area (Å²) < 4.78 is 34.0. The topological polar surface area (TPSA) is 109 Å². The number of hydrogen-bond donors (Lipinski definition) is 2. The fourth-order valence-electron chi connectivity index (χ4n) is 7.72. The van der Waals surface area contributed by atoms with Gasteiger partial charge in [-0.05, 0) is 118 Å². The van der Waals surface area contributed by atoms with Crippen molar-refractivity contribution < 1.29 is 23.1 Å². The first-order valence-electron chi connectivity index (χ1n) is 17.1. The van der Waals surface area contributed by atoms with Gasteiger partial charge in [-0.15, -0.1) is 0 Å². The number of anilines is 1. The van der Waals surface area contributed by atoms with Gasteiger partial charge in [-0.3, -0.25) is 9.78 Å². The Bertz CT molecular complexity index is 1780. The van der Waals surface area contributed by atoms with E-state index in [9.17, 15) is 18.3 Å². The van der Waals surface area contributed by atoms with Gasteiger partial charge in [0, 0.05) is 47.4 Å². The van der Waals surface area contributed by atoms with Gasteiger partial charge < -0.3 is 14.7 Å². The van der Waals surface area contributed by atoms with E-state index in [1.54, 1.807) is 24.4 Å². The van der Waals surface area contributed by atoms with E-state index in [-0.39, 0.29) is 22.8 Å². The average molecular weight is 692 g/mol. The number of nitrogens with one attached hydrogen (secondary N) is 1. The number of ether oxygens (including phenoxy) is 1. The van der Waals surface area contributed by atoms with Crippen LogP contribution in [0.4, 0.5) is 5.69 Å². The lowest BCUT2D eigenvalue weighted by molar-refractivity contribution is -0.0452. The summed E-state index contributed by atoms with van der Waals surface area (Å²) in [4.78, 5) is 20.1. The zero-order valence-electron chi connectivity index (χ0n) is 28.0. The Morgan fingerprint density at radius 3 is 2.75 bits per heavy atom. The van der Waals surface area contributed by atoms with Gasteiger partial charge in [-0.2, -0.15) is 0 Å². The van der Waals surface area contributed by atoms with Crippen molar-refractivity contribution in [2.75, 3.05) is 24.6 Å². The van der Waals surface area contributed by atoms with Crippen LogP contribution < -0.4 is 14.4 Å². The van der Waals surface area contributed by atoms with E-state index in [4.69, 9.17) is 16.3 Å². The summed E-state index contributed by atoms with van der Waals surface area (Å²) in [5, 5.41) is 12.2. The maximum Gasteiger partial charge on any atom is 0.264 e. The molecule has 256 valence electrons. The van der Waals surface area contributed by atoms with Crippen molar-refractivity contribution in [2.45, 2.75) is 82.0 Å². The zero-order valence-corrected chi connectivity index (χ0v) is 29.6. The van der Waals surface area contributed by atoms with Gasteiger partial charge in [0.2, 0.25) is 10.0 Å². The maximum atomic E-state index is 13.3. The van der Waals surface area contributed by atoms with Gasteiger partial charge in [0.1, 0.15) is 5.75 Å². The third-order valence-corrected chi connectivity index (χ3v) is 12.4. The quantitative estimate of drug-likeness (QED) is 0.230. The normalized spacial score (nSPS) is 23.5. The molecule has 1 aromatic heterocycles. The standard InChI is InChI=1S/C38H46ClN3O5S/c1-4-5-18-38(44,22-31-10-6-7-19-40-31)33-14-11-29(33)23-42-24-37(17-8-9-27-20-30(39)13-15-32(27)37)25-47-35-16-12-28(21-34(35)42)36(43)41-48(45,46)26(2)3/h5-7,10,12-13,15-16,18-21,26,29,33,44H,4,8-9,11,14,17,22-25H2,1-3H3,(H,41,43)/b18-5+/t29-,33+,37-,38-/m0/s1. The SMILES string of the molecule is CC/C=C/[C@](O)(Cc1ccccn1)[C@@H]1CC[C@H]1CN1C[C@@]2(CCCc3cc(Cl)ccc32)COc2ccc(C(=O)NS(=O)(=O)C(C)C)cc21. The number of carbonyl (C=O) groups excluding carboxylic acids is 1. The molecule has 10 heteroatoms. The molecule has 3 aliphatic rings. The number of pyridine rings is 1. The van der Waals surface area contributed by atoms with Gasteiger partial charge in [0.15, 0.2) is 0 Å². The molecule has 2 heterocycles. The number of hydrogen-bond acceptors (Lipinski definition) is 7. The molecule has 1 amide bonds. The van der Waals surface area contributed by atoms with Crippen LogP contribution in [-0.2, 0) is 28.3 Å². The molecule has 2 N–H and O–H groups in total. The molecule has 2 aromatic carbocycles. The molecule has 0 unspecified atom stereocenters. The lowest BCUT2D eigenvalue weighted by Gasteiger charge is -2.49. The highest BCUT2D eigenvalue weighted by Gasteiger charge is 2.48. The van der Waals surface area contributed by atoms with Crippen LogP contribution in [-0.4, -0.2) is 55.0 Å². The maximum absolute atomic E-state index is 13.3. The molecule has 6 rings (SSSR count). The lowest BCUT2D eigenvalue weighted by atomic mass is 9.63. The monoisotopic (exact) mass is 691 g/mol. The molecular formula is C38H46ClN3O5S. The number of amides is 1. The molecule has 1 fully saturated rings. The fourth-order valence-corrected chi connectivity index (χ4v) is 8.53. The van der Waals surface area contributed by atoms with Gasteiger partial charge in [0.05, 0.1) is 23.1 Å². The van der Waals surface area contributed by atoms with E-state index in [1.807, 2.05) is 36.4 Å². The number of aryl methyl sites for hydroxylation is 1. The first kappa shape index (κ1) is 34.5. The Morgan fingerprint density at radius 2 is 2.04 bits per heavy atom. The van der Waals surface area contributed by atoms with Crippen LogP contribution in [0.3, 0.4) is 0 Å². The van der Waals surface area contributed by atoms with E-state index < -0.39 is 26.8 Å². The molecule has 0 bridgehead atoms. The molecule has 1 aliphatic heterocycles. The lowest BCUT2D eigenvalue weighted by Crippen LogP contribution is -2.53. The Morgan fingerprint density at radius 1 is 1.21 bits per heavy atom. The van der Waals surface area contributed by atoms with Crippen molar-refractivity contribution in [1.29, 1.82) is 0 Å². The number of halogens is 1. The largest absolute Gasteiger partial charge is 0.490 e. The van der Waals surface area contributed by atoms with Gasteiger partial charge in [-0.1, -0.05) is 42.8 Å². The zero-order chi connectivity index (χ0) is 34.1. The average Bonchev–Trinajstić information content (AvgIpc) is 3.19. The number of rotatable bonds is 10. The molecule has 0 radical (unpaired) electrons. The molecule has 4 atom stereocenters. The van der Waals surface area contributed by atoms with Crippen molar-refractivity contribution >= 4 is 33.2 Å². The minimum absolute atomic E-state index is 0.00555. The summed E-state index contributed by atoms with van der Waals surface area (Å²) in [7, 11) is -3.81. The third kappa shape index (κ3) is 7.00. The number of aromatic nitrogens is 1. The van der Waals surface area contributed by atoms with Crippen molar-refractivity contribution in [3.8, 4) is 5.75 Å². The second-order valence-electron chi connectivity index (χ2n) is 14.1. The number of benzene rings is 2. The number of aliphatic hydroxyl groups is 1. The molecule has 1 saturated carbocycles. The van der Waals surface area contributed by atoms with E-state index in [2.05, 4.69) is 33.7 Å². The van der Waals surface area contributed by atoms with E-state index >= 15 is 0 Å². The van der Waals surface area contributed by atoms with Crippen LogP contribution in [0.1, 0.15) is 80.1 Å². The molecule has 0 saturated heterocycles. The summed E-state index contributed by atoms with van der Waals surface area (Å²) in [6.07, 6.45) is 11.8. The highest BCUT2D eigenvalue weighted by atomic mass is 35.5. The van der Waals surface area contributed by atoms with Crippen molar-refractivity contribution in [3.05, 3.63) is 100 Å². The second-order valence-corrected chi connectivity index (χ2v) is 16.7. The Hall–Kier alpha value is -3.40. The van der Waals surface area contributed by atoms with Gasteiger partial charge >= 0.3 is 0 Å². The second kappa shape index (κ2) is 13.8. The van der Waals surface area contributed by atoms with Gasteiger partial charge in [0.25, 0.3) is 5.91 Å².